The Morgan fingerprint density at radius 2 is 1.82 bits per heavy atom. The molecule has 2 saturated heterocycles. The average Bonchev–Trinajstić information content (AvgIpc) is 3.16. The molecule has 0 aromatic heterocycles. The van der Waals surface area contributed by atoms with Crippen LogP contribution in [-0.4, -0.2) is 69.3 Å². The molecule has 4 N–H and O–H groups in total. The number of carbonyl (C=O) groups is 3. The van der Waals surface area contributed by atoms with Gasteiger partial charge >= 0.3 is 12.1 Å². The molecule has 150 valence electrons. The maximum Gasteiger partial charge on any atom is 0.321 e. The van der Waals surface area contributed by atoms with Crippen molar-refractivity contribution in [1.29, 1.82) is 0 Å². The molecule has 2 heterocycles. The minimum Gasteiger partial charge on any atom is -0.493 e. The van der Waals surface area contributed by atoms with Crippen LogP contribution in [0.2, 0.25) is 0 Å². The van der Waals surface area contributed by atoms with Crippen LogP contribution in [0, 0.1) is 0 Å². The molecule has 0 aliphatic carbocycles. The lowest BCUT2D eigenvalue weighted by molar-refractivity contribution is -0.121. The van der Waals surface area contributed by atoms with Crippen molar-refractivity contribution in [2.24, 2.45) is 5.10 Å². The van der Waals surface area contributed by atoms with Crippen LogP contribution >= 0.6 is 0 Å². The summed E-state index contributed by atoms with van der Waals surface area (Å²) in [4.78, 5) is 36.5. The first-order chi connectivity index (χ1) is 13.5. The number of nitrogens with zero attached hydrogens (tertiary/aromatic N) is 2. The van der Waals surface area contributed by atoms with E-state index < -0.39 is 30.3 Å². The molecule has 1 aromatic rings. The second kappa shape index (κ2) is 7.90. The first-order valence-corrected chi connectivity index (χ1v) is 8.23. The van der Waals surface area contributed by atoms with Gasteiger partial charge in [-0.3, -0.25) is 9.69 Å². The molecule has 0 unspecified atom stereocenters. The van der Waals surface area contributed by atoms with Crippen LogP contribution in [-0.2, 0) is 4.79 Å². The van der Waals surface area contributed by atoms with Crippen molar-refractivity contribution >= 4 is 24.2 Å². The number of hydrogen-bond donors (Lipinski definition) is 4. The third kappa shape index (κ3) is 3.70. The van der Waals surface area contributed by atoms with Crippen LogP contribution < -0.4 is 35.6 Å². The van der Waals surface area contributed by atoms with Crippen LogP contribution in [0.1, 0.15) is 5.56 Å². The molecule has 3 rings (SSSR count). The number of methoxy groups -OCH3 is 3. The van der Waals surface area contributed by atoms with Gasteiger partial charge in [0.15, 0.2) is 11.5 Å². The van der Waals surface area contributed by atoms with Crippen molar-refractivity contribution in [2.45, 2.75) is 12.3 Å². The summed E-state index contributed by atoms with van der Waals surface area (Å²) in [5.74, 6) is 0.798. The van der Waals surface area contributed by atoms with Crippen molar-refractivity contribution < 1.29 is 28.6 Å². The Balaban J connectivity index is 1.62. The van der Waals surface area contributed by atoms with E-state index in [1.165, 1.54) is 32.4 Å². The molecule has 1 aromatic carbocycles. The van der Waals surface area contributed by atoms with Crippen molar-refractivity contribution in [3.63, 3.8) is 0 Å². The summed E-state index contributed by atoms with van der Waals surface area (Å²) >= 11 is 0. The van der Waals surface area contributed by atoms with Crippen LogP contribution in [0.25, 0.3) is 0 Å². The van der Waals surface area contributed by atoms with E-state index in [0.29, 0.717) is 22.8 Å². The number of hydrogen-bond acceptors (Lipinski definition) is 7. The largest absolute Gasteiger partial charge is 0.493 e. The summed E-state index contributed by atoms with van der Waals surface area (Å²) < 4.78 is 15.7. The van der Waals surface area contributed by atoms with Gasteiger partial charge in [-0.2, -0.15) is 5.10 Å². The average molecular weight is 392 g/mol. The Kier molecular flexibility index (Phi) is 5.38. The van der Waals surface area contributed by atoms with Crippen molar-refractivity contribution in [3.05, 3.63) is 17.7 Å². The maximum atomic E-state index is 12.1. The highest BCUT2D eigenvalue weighted by atomic mass is 16.5. The van der Waals surface area contributed by atoms with Gasteiger partial charge in [0.1, 0.15) is 18.9 Å². The summed E-state index contributed by atoms with van der Waals surface area (Å²) in [6, 6.07) is 2.44. The predicted octanol–water partition coefficient (Wildman–Crippen LogP) is -0.847. The molecule has 12 heteroatoms. The van der Waals surface area contributed by atoms with Gasteiger partial charge in [0, 0.05) is 5.56 Å². The Bertz CT molecular complexity index is 803. The molecule has 0 bridgehead atoms. The highest BCUT2D eigenvalue weighted by Gasteiger charge is 2.45. The smallest absolute Gasteiger partial charge is 0.321 e. The van der Waals surface area contributed by atoms with E-state index in [1.54, 1.807) is 12.1 Å². The Labute approximate surface area is 160 Å². The van der Waals surface area contributed by atoms with Crippen LogP contribution in [0.15, 0.2) is 17.2 Å². The quantitative estimate of drug-likeness (QED) is 0.352. The van der Waals surface area contributed by atoms with Gasteiger partial charge in [0.05, 0.1) is 27.5 Å². The second-order valence-corrected chi connectivity index (χ2v) is 5.87. The summed E-state index contributed by atoms with van der Waals surface area (Å²) in [5.41, 5.74) is 2.93. The van der Waals surface area contributed by atoms with Gasteiger partial charge in [0.25, 0.3) is 5.91 Å². The molecule has 0 radical (unpaired) electrons. The molecule has 0 spiro atoms. The molecule has 2 aliphatic heterocycles. The Morgan fingerprint density at radius 3 is 2.43 bits per heavy atom. The number of fused-ring (bicyclic) bond motifs is 1. The summed E-state index contributed by atoms with van der Waals surface area (Å²) in [6.07, 6.45) is 0.189. The molecular weight excluding hydrogens is 372 g/mol. The number of hydrazone groups is 1. The summed E-state index contributed by atoms with van der Waals surface area (Å²) in [7, 11) is 4.48. The number of carbonyl (C=O) groups excluding carboxylic acids is 3. The predicted molar refractivity (Wildman–Crippen MR) is 96.3 cm³/mol. The number of amides is 5. The fourth-order valence-corrected chi connectivity index (χ4v) is 2.91. The lowest BCUT2D eigenvalue weighted by atomic mass is 10.2. The molecule has 28 heavy (non-hydrogen) atoms. The maximum absolute atomic E-state index is 12.1. The van der Waals surface area contributed by atoms with Crippen LogP contribution in [0.4, 0.5) is 9.59 Å². The van der Waals surface area contributed by atoms with E-state index in [0.717, 1.165) is 0 Å². The normalized spacial score (nSPS) is 20.3. The Morgan fingerprint density at radius 1 is 1.14 bits per heavy atom. The van der Waals surface area contributed by atoms with E-state index in [2.05, 4.69) is 26.5 Å². The fraction of sp³-hybridized carbons (Fsp3) is 0.375. The zero-order valence-electron chi connectivity index (χ0n) is 15.4. The monoisotopic (exact) mass is 392 g/mol. The molecule has 5 amide bonds. The van der Waals surface area contributed by atoms with Gasteiger partial charge < -0.3 is 30.2 Å². The zero-order valence-corrected chi connectivity index (χ0v) is 15.4. The van der Waals surface area contributed by atoms with E-state index >= 15 is 0 Å². The Hall–Kier alpha value is -3.70. The highest BCUT2D eigenvalue weighted by molar-refractivity contribution is 5.89. The molecule has 12 nitrogen and oxygen atoms in total. The van der Waals surface area contributed by atoms with Gasteiger partial charge in [-0.05, 0) is 12.1 Å². The summed E-state index contributed by atoms with van der Waals surface area (Å²) in [5, 5.41) is 11.5. The van der Waals surface area contributed by atoms with E-state index in [9.17, 15) is 14.4 Å². The molecule has 0 saturated carbocycles. The second-order valence-electron chi connectivity index (χ2n) is 5.87. The van der Waals surface area contributed by atoms with Crippen LogP contribution in [0.5, 0.6) is 17.2 Å². The molecule has 2 atom stereocenters. The van der Waals surface area contributed by atoms with Gasteiger partial charge in [-0.25, -0.2) is 15.0 Å². The third-order valence-corrected chi connectivity index (χ3v) is 4.16. The molecule has 2 fully saturated rings. The number of ether oxygens (including phenoxy) is 3. The highest BCUT2D eigenvalue weighted by Crippen LogP contribution is 2.37. The lowest BCUT2D eigenvalue weighted by Gasteiger charge is -2.19. The topological polar surface area (TPSA) is 143 Å². The van der Waals surface area contributed by atoms with Crippen molar-refractivity contribution in [2.75, 3.05) is 27.9 Å². The minimum absolute atomic E-state index is 0.276. The molecular formula is C16H20N6O6. The number of nitrogens with one attached hydrogen (secondary N) is 4. The van der Waals surface area contributed by atoms with Crippen molar-refractivity contribution in [3.8, 4) is 17.2 Å². The molecule has 2 aliphatic rings. The minimum atomic E-state index is -0.634. The third-order valence-electron chi connectivity index (χ3n) is 4.16. The van der Waals surface area contributed by atoms with Crippen LogP contribution in [0.3, 0.4) is 0 Å². The van der Waals surface area contributed by atoms with Gasteiger partial charge in [0.2, 0.25) is 5.75 Å². The first kappa shape index (κ1) is 19.1. The SMILES string of the molecule is COc1cc(/C=N\NC(=O)CN2C(=O)N[C@H]3NC(=O)N[C@H]32)cc(OC)c1OC. The number of rotatable bonds is 7. The first-order valence-electron chi connectivity index (χ1n) is 8.23. The number of benzene rings is 1. The van der Waals surface area contributed by atoms with E-state index in [4.69, 9.17) is 14.2 Å². The van der Waals surface area contributed by atoms with Gasteiger partial charge in [-0.15, -0.1) is 0 Å². The van der Waals surface area contributed by atoms with Gasteiger partial charge in [-0.1, -0.05) is 0 Å². The van der Waals surface area contributed by atoms with E-state index in [1.807, 2.05) is 0 Å². The fourth-order valence-electron chi connectivity index (χ4n) is 2.91. The standard InChI is InChI=1S/C16H20N6O6/c1-26-9-4-8(5-10(27-2)12(9)28-3)6-17-21-11(23)7-22-14-13(19-16(22)25)18-15(24)20-14/h4-6,13-14H,7H2,1-3H3,(H,19,25)(H,21,23)(H2,18,20,24)/b17-6-/t13-,14+/m1/s1. The lowest BCUT2D eigenvalue weighted by Crippen LogP contribution is -2.47. The number of urea groups is 2. The zero-order chi connectivity index (χ0) is 20.3. The van der Waals surface area contributed by atoms with Crippen molar-refractivity contribution in [1.82, 2.24) is 26.3 Å². The van der Waals surface area contributed by atoms with E-state index in [-0.39, 0.29) is 6.54 Å². The summed E-state index contributed by atoms with van der Waals surface area (Å²) in [6.45, 7) is -0.276.